The zero-order valence-corrected chi connectivity index (χ0v) is 15.7. The van der Waals surface area contributed by atoms with E-state index in [4.69, 9.17) is 21.1 Å². The second kappa shape index (κ2) is 6.78. The molecule has 2 aromatic rings. The number of nitrogens with one attached hydrogen (secondary N) is 2. The first-order valence-electron chi connectivity index (χ1n) is 8.70. The van der Waals surface area contributed by atoms with Crippen LogP contribution >= 0.6 is 11.6 Å². The molecule has 4 rings (SSSR count). The van der Waals surface area contributed by atoms with Gasteiger partial charge in [0.2, 0.25) is 18.6 Å². The average molecular weight is 387 g/mol. The Balaban J connectivity index is 1.37. The van der Waals surface area contributed by atoms with Crippen molar-refractivity contribution in [3.05, 3.63) is 46.5 Å². The predicted octanol–water partition coefficient (Wildman–Crippen LogP) is 3.90. The molecule has 2 atom stereocenters. The molecule has 0 saturated heterocycles. The van der Waals surface area contributed by atoms with Gasteiger partial charge in [-0.25, -0.2) is 0 Å². The van der Waals surface area contributed by atoms with Crippen LogP contribution in [-0.2, 0) is 9.59 Å². The van der Waals surface area contributed by atoms with E-state index >= 15 is 0 Å². The zero-order valence-electron chi connectivity index (χ0n) is 15.0. The van der Waals surface area contributed by atoms with Gasteiger partial charge in [-0.3, -0.25) is 9.59 Å². The van der Waals surface area contributed by atoms with Crippen LogP contribution < -0.4 is 20.1 Å². The highest BCUT2D eigenvalue weighted by Crippen LogP contribution is 2.42. The molecule has 0 aromatic heterocycles. The van der Waals surface area contributed by atoms with Crippen LogP contribution in [0.5, 0.6) is 11.5 Å². The van der Waals surface area contributed by atoms with E-state index in [-0.39, 0.29) is 30.4 Å². The van der Waals surface area contributed by atoms with E-state index in [1.54, 1.807) is 24.3 Å². The molecule has 2 amide bonds. The molecule has 2 aromatic carbocycles. The van der Waals surface area contributed by atoms with Crippen LogP contribution in [0.25, 0.3) is 0 Å². The highest BCUT2D eigenvalue weighted by atomic mass is 35.5. The van der Waals surface area contributed by atoms with E-state index in [0.717, 1.165) is 11.1 Å². The van der Waals surface area contributed by atoms with Crippen molar-refractivity contribution < 1.29 is 19.1 Å². The summed E-state index contributed by atoms with van der Waals surface area (Å²) in [5.74, 6) is 0.190. The fourth-order valence-electron chi connectivity index (χ4n) is 3.27. The quantitative estimate of drug-likeness (QED) is 0.835. The van der Waals surface area contributed by atoms with E-state index in [1.165, 1.54) is 0 Å². The van der Waals surface area contributed by atoms with Gasteiger partial charge in [0.15, 0.2) is 11.5 Å². The number of ether oxygens (including phenoxy) is 2. The number of carbonyl (C=O) groups excluding carboxylic acids is 2. The highest BCUT2D eigenvalue weighted by Gasteiger charge is 2.48. The molecule has 2 unspecified atom stereocenters. The van der Waals surface area contributed by atoms with Gasteiger partial charge in [0, 0.05) is 11.8 Å². The van der Waals surface area contributed by atoms with Gasteiger partial charge in [0.05, 0.1) is 22.5 Å². The molecule has 7 heteroatoms. The number of benzene rings is 2. The summed E-state index contributed by atoms with van der Waals surface area (Å²) in [7, 11) is 0. The summed E-state index contributed by atoms with van der Waals surface area (Å²) in [6.07, 6.45) is 0.519. The minimum atomic E-state index is -0.351. The number of hydrogen-bond donors (Lipinski definition) is 2. The number of halogens is 1. The van der Waals surface area contributed by atoms with E-state index in [0.29, 0.717) is 34.3 Å². The summed E-state index contributed by atoms with van der Waals surface area (Å²) in [5, 5.41) is 6.20. The monoisotopic (exact) mass is 386 g/mol. The van der Waals surface area contributed by atoms with Crippen molar-refractivity contribution >= 4 is 34.8 Å². The molecule has 0 bridgehead atoms. The average Bonchev–Trinajstić information content (AvgIpc) is 3.29. The number of rotatable bonds is 4. The highest BCUT2D eigenvalue weighted by molar-refractivity contribution is 6.34. The third-order valence-corrected chi connectivity index (χ3v) is 5.08. The summed E-state index contributed by atoms with van der Waals surface area (Å²) < 4.78 is 10.6. The van der Waals surface area contributed by atoms with Crippen molar-refractivity contribution in [3.63, 3.8) is 0 Å². The number of carbonyl (C=O) groups is 2. The van der Waals surface area contributed by atoms with Gasteiger partial charge in [0.25, 0.3) is 0 Å². The summed E-state index contributed by atoms with van der Waals surface area (Å²) in [6.45, 7) is 4.02. The van der Waals surface area contributed by atoms with Crippen molar-refractivity contribution in [1.82, 2.24) is 0 Å². The first-order valence-corrected chi connectivity index (χ1v) is 9.08. The standard InChI is InChI=1S/C20H19ClN2O4/c1-10-5-11(2)18(15(21)6-10)23-20(25)14-8-13(14)19(24)22-12-3-4-16-17(7-12)27-9-26-16/h3-7,13-14H,8-9H2,1-2H3,(H,22,24)(H,23,25). The SMILES string of the molecule is Cc1cc(C)c(NC(=O)C2CC2C(=O)Nc2ccc3c(c2)OCO3)c(Cl)c1. The molecular formula is C20H19ClN2O4. The Bertz CT molecular complexity index is 921. The molecule has 1 saturated carbocycles. The fraction of sp³-hybridized carbons (Fsp3) is 0.300. The normalized spacial score (nSPS) is 19.5. The third kappa shape index (κ3) is 3.57. The molecule has 2 aliphatic rings. The van der Waals surface area contributed by atoms with E-state index in [9.17, 15) is 9.59 Å². The van der Waals surface area contributed by atoms with Gasteiger partial charge in [0.1, 0.15) is 0 Å². The number of aryl methyl sites for hydroxylation is 2. The molecule has 1 fully saturated rings. The van der Waals surface area contributed by atoms with Gasteiger partial charge < -0.3 is 20.1 Å². The van der Waals surface area contributed by atoms with Crippen LogP contribution in [-0.4, -0.2) is 18.6 Å². The van der Waals surface area contributed by atoms with Crippen LogP contribution in [0.4, 0.5) is 11.4 Å². The van der Waals surface area contributed by atoms with Crippen LogP contribution in [0.3, 0.4) is 0 Å². The van der Waals surface area contributed by atoms with Crippen LogP contribution in [0.15, 0.2) is 30.3 Å². The molecule has 1 aliphatic carbocycles. The molecular weight excluding hydrogens is 368 g/mol. The number of amides is 2. The van der Waals surface area contributed by atoms with Gasteiger partial charge in [-0.1, -0.05) is 17.7 Å². The van der Waals surface area contributed by atoms with Gasteiger partial charge in [-0.05, 0) is 49.6 Å². The molecule has 1 aliphatic heterocycles. The zero-order chi connectivity index (χ0) is 19.1. The maximum Gasteiger partial charge on any atom is 0.231 e. The predicted molar refractivity (Wildman–Crippen MR) is 102 cm³/mol. The van der Waals surface area contributed by atoms with Gasteiger partial charge in [-0.2, -0.15) is 0 Å². The molecule has 27 heavy (non-hydrogen) atoms. The van der Waals surface area contributed by atoms with Crippen molar-refractivity contribution in [2.24, 2.45) is 11.8 Å². The minimum absolute atomic E-state index is 0.179. The largest absolute Gasteiger partial charge is 0.454 e. The lowest BCUT2D eigenvalue weighted by Crippen LogP contribution is -2.21. The Morgan fingerprint density at radius 1 is 1.00 bits per heavy atom. The number of fused-ring (bicyclic) bond motifs is 1. The second-order valence-corrected chi connectivity index (χ2v) is 7.34. The first-order chi connectivity index (χ1) is 12.9. The lowest BCUT2D eigenvalue weighted by Gasteiger charge is -2.11. The van der Waals surface area contributed by atoms with Crippen molar-refractivity contribution in [3.8, 4) is 11.5 Å². The van der Waals surface area contributed by atoms with Crippen molar-refractivity contribution in [1.29, 1.82) is 0 Å². The van der Waals surface area contributed by atoms with Crippen molar-refractivity contribution in [2.45, 2.75) is 20.3 Å². The van der Waals surface area contributed by atoms with Crippen LogP contribution in [0, 0.1) is 25.7 Å². The maximum atomic E-state index is 12.5. The molecule has 0 spiro atoms. The van der Waals surface area contributed by atoms with Gasteiger partial charge >= 0.3 is 0 Å². The van der Waals surface area contributed by atoms with Crippen LogP contribution in [0.1, 0.15) is 17.5 Å². The van der Waals surface area contributed by atoms with Crippen molar-refractivity contribution in [2.75, 3.05) is 17.4 Å². The van der Waals surface area contributed by atoms with Gasteiger partial charge in [-0.15, -0.1) is 0 Å². The van der Waals surface area contributed by atoms with E-state index in [1.807, 2.05) is 19.9 Å². The summed E-state index contributed by atoms with van der Waals surface area (Å²) in [5.41, 5.74) is 3.15. The summed E-state index contributed by atoms with van der Waals surface area (Å²) in [6, 6.07) is 8.97. The van der Waals surface area contributed by atoms with E-state index < -0.39 is 0 Å². The van der Waals surface area contributed by atoms with E-state index in [2.05, 4.69) is 10.6 Å². The lowest BCUT2D eigenvalue weighted by molar-refractivity contribution is -0.122. The number of anilines is 2. The molecule has 140 valence electrons. The first kappa shape index (κ1) is 17.7. The summed E-state index contributed by atoms with van der Waals surface area (Å²) >= 11 is 6.24. The molecule has 1 heterocycles. The third-order valence-electron chi connectivity index (χ3n) is 4.78. The Labute approximate surface area is 161 Å². The second-order valence-electron chi connectivity index (χ2n) is 6.93. The Morgan fingerprint density at radius 2 is 1.70 bits per heavy atom. The molecule has 2 N–H and O–H groups in total. The smallest absolute Gasteiger partial charge is 0.231 e. The Morgan fingerprint density at radius 3 is 2.44 bits per heavy atom. The summed E-state index contributed by atoms with van der Waals surface area (Å²) in [4.78, 5) is 24.9. The maximum absolute atomic E-state index is 12.5. The molecule has 6 nitrogen and oxygen atoms in total. The fourth-order valence-corrected chi connectivity index (χ4v) is 3.64. The Kier molecular flexibility index (Phi) is 4.44. The minimum Gasteiger partial charge on any atom is -0.454 e. The van der Waals surface area contributed by atoms with Crippen LogP contribution in [0.2, 0.25) is 5.02 Å². The lowest BCUT2D eigenvalue weighted by atomic mass is 10.1. The Hall–Kier alpha value is -2.73. The number of hydrogen-bond acceptors (Lipinski definition) is 4. The molecule has 0 radical (unpaired) electrons. The topological polar surface area (TPSA) is 76.7 Å².